The molecule has 24 heavy (non-hydrogen) atoms. The number of hydrogen-bond acceptors (Lipinski definition) is 2. The SMILES string of the molecule is Cc1cc(OCCCc2c(C=O)[nH]c3ccccc23)cc(C)c1Cl. The molecule has 0 fully saturated rings. The topological polar surface area (TPSA) is 42.1 Å². The number of aromatic nitrogens is 1. The van der Waals surface area contributed by atoms with Crippen LogP contribution in [0.5, 0.6) is 5.75 Å². The van der Waals surface area contributed by atoms with Crippen LogP contribution in [0.25, 0.3) is 10.9 Å². The molecule has 0 bridgehead atoms. The van der Waals surface area contributed by atoms with Gasteiger partial charge < -0.3 is 9.72 Å². The second-order valence-corrected chi connectivity index (χ2v) is 6.38. The lowest BCUT2D eigenvalue weighted by atomic mass is 10.1. The Labute approximate surface area is 146 Å². The molecule has 0 aliphatic rings. The average Bonchev–Trinajstić information content (AvgIpc) is 2.94. The molecule has 1 heterocycles. The van der Waals surface area contributed by atoms with Crippen molar-refractivity contribution in [2.75, 3.05) is 6.61 Å². The molecular formula is C20H20ClNO2. The van der Waals surface area contributed by atoms with E-state index in [2.05, 4.69) is 4.98 Å². The highest BCUT2D eigenvalue weighted by Gasteiger charge is 2.10. The fourth-order valence-electron chi connectivity index (χ4n) is 3.02. The van der Waals surface area contributed by atoms with E-state index < -0.39 is 0 Å². The van der Waals surface area contributed by atoms with Gasteiger partial charge in [-0.25, -0.2) is 0 Å². The molecule has 2 aromatic carbocycles. The van der Waals surface area contributed by atoms with E-state index in [9.17, 15) is 4.79 Å². The minimum Gasteiger partial charge on any atom is -0.494 e. The van der Waals surface area contributed by atoms with Crippen LogP contribution in [0.2, 0.25) is 5.02 Å². The fourth-order valence-corrected chi connectivity index (χ4v) is 3.13. The number of halogens is 1. The molecule has 0 unspecified atom stereocenters. The van der Waals surface area contributed by atoms with Crippen LogP contribution >= 0.6 is 11.6 Å². The Hall–Kier alpha value is -2.26. The number of rotatable bonds is 6. The number of aldehydes is 1. The van der Waals surface area contributed by atoms with Crippen molar-refractivity contribution in [2.45, 2.75) is 26.7 Å². The first-order valence-corrected chi connectivity index (χ1v) is 8.42. The van der Waals surface area contributed by atoms with Crippen molar-refractivity contribution < 1.29 is 9.53 Å². The van der Waals surface area contributed by atoms with Crippen LogP contribution in [-0.2, 0) is 6.42 Å². The molecule has 4 heteroatoms. The number of ether oxygens (including phenoxy) is 1. The Morgan fingerprint density at radius 2 is 1.88 bits per heavy atom. The van der Waals surface area contributed by atoms with Gasteiger partial charge in [-0.05, 0) is 61.6 Å². The summed E-state index contributed by atoms with van der Waals surface area (Å²) in [5, 5.41) is 1.90. The van der Waals surface area contributed by atoms with Gasteiger partial charge >= 0.3 is 0 Å². The Morgan fingerprint density at radius 3 is 2.58 bits per heavy atom. The second-order valence-electron chi connectivity index (χ2n) is 6.00. The van der Waals surface area contributed by atoms with E-state index in [1.165, 1.54) is 0 Å². The molecule has 0 spiro atoms. The lowest BCUT2D eigenvalue weighted by Crippen LogP contribution is -2.01. The lowest BCUT2D eigenvalue weighted by molar-refractivity contribution is 0.111. The zero-order valence-corrected chi connectivity index (χ0v) is 14.6. The van der Waals surface area contributed by atoms with Crippen molar-refractivity contribution in [3.05, 3.63) is 63.8 Å². The minimum absolute atomic E-state index is 0.596. The normalized spacial score (nSPS) is 11.0. The summed E-state index contributed by atoms with van der Waals surface area (Å²) in [4.78, 5) is 14.5. The predicted octanol–water partition coefficient (Wildman–Crippen LogP) is 5.26. The Balaban J connectivity index is 1.66. The van der Waals surface area contributed by atoms with E-state index in [1.54, 1.807) is 0 Å². The van der Waals surface area contributed by atoms with Crippen molar-refractivity contribution >= 4 is 28.8 Å². The van der Waals surface area contributed by atoms with E-state index in [4.69, 9.17) is 16.3 Å². The van der Waals surface area contributed by atoms with Gasteiger partial charge in [0.25, 0.3) is 0 Å². The zero-order chi connectivity index (χ0) is 17.1. The van der Waals surface area contributed by atoms with Gasteiger partial charge in [-0.2, -0.15) is 0 Å². The van der Waals surface area contributed by atoms with Gasteiger partial charge in [-0.15, -0.1) is 0 Å². The predicted molar refractivity (Wildman–Crippen MR) is 98.4 cm³/mol. The number of aromatic amines is 1. The zero-order valence-electron chi connectivity index (χ0n) is 13.9. The number of carbonyl (C=O) groups is 1. The van der Waals surface area contributed by atoms with Crippen LogP contribution in [-0.4, -0.2) is 17.9 Å². The largest absolute Gasteiger partial charge is 0.494 e. The number of para-hydroxylation sites is 1. The number of aryl methyl sites for hydroxylation is 3. The van der Waals surface area contributed by atoms with Crippen molar-refractivity contribution in [2.24, 2.45) is 0 Å². The lowest BCUT2D eigenvalue weighted by Gasteiger charge is -2.10. The summed E-state index contributed by atoms with van der Waals surface area (Å²) >= 11 is 6.18. The molecule has 1 N–H and O–H groups in total. The maximum atomic E-state index is 11.3. The summed E-state index contributed by atoms with van der Waals surface area (Å²) in [6.07, 6.45) is 2.52. The average molecular weight is 342 g/mol. The molecule has 0 aliphatic heterocycles. The van der Waals surface area contributed by atoms with Crippen LogP contribution in [0.4, 0.5) is 0 Å². The van der Waals surface area contributed by atoms with Crippen LogP contribution in [0.1, 0.15) is 33.6 Å². The molecule has 0 atom stereocenters. The Bertz CT molecular complexity index is 859. The van der Waals surface area contributed by atoms with E-state index in [-0.39, 0.29) is 0 Å². The summed E-state index contributed by atoms with van der Waals surface area (Å²) in [6.45, 7) is 4.55. The third kappa shape index (κ3) is 3.31. The highest BCUT2D eigenvalue weighted by molar-refractivity contribution is 6.32. The number of carbonyl (C=O) groups excluding carboxylic acids is 1. The van der Waals surface area contributed by atoms with Gasteiger partial charge in [0, 0.05) is 15.9 Å². The third-order valence-electron chi connectivity index (χ3n) is 4.21. The Kier molecular flexibility index (Phi) is 4.91. The minimum atomic E-state index is 0.596. The van der Waals surface area contributed by atoms with E-state index in [1.807, 2.05) is 50.2 Å². The summed E-state index contributed by atoms with van der Waals surface area (Å²) in [5.41, 5.74) is 4.76. The van der Waals surface area contributed by atoms with E-state index in [0.717, 1.165) is 57.5 Å². The summed E-state index contributed by atoms with van der Waals surface area (Å²) in [5.74, 6) is 0.837. The Morgan fingerprint density at radius 1 is 1.17 bits per heavy atom. The van der Waals surface area contributed by atoms with Crippen molar-refractivity contribution in [3.8, 4) is 5.75 Å². The van der Waals surface area contributed by atoms with Crippen LogP contribution < -0.4 is 4.74 Å². The smallest absolute Gasteiger partial charge is 0.166 e. The molecule has 1 aromatic heterocycles. The van der Waals surface area contributed by atoms with E-state index in [0.29, 0.717) is 12.3 Å². The molecule has 3 nitrogen and oxygen atoms in total. The molecule has 124 valence electrons. The molecule has 0 aliphatic carbocycles. The monoisotopic (exact) mass is 341 g/mol. The maximum absolute atomic E-state index is 11.3. The first kappa shape index (κ1) is 16.6. The first-order valence-electron chi connectivity index (χ1n) is 8.04. The van der Waals surface area contributed by atoms with Gasteiger partial charge in [0.05, 0.1) is 12.3 Å². The summed E-state index contributed by atoms with van der Waals surface area (Å²) in [6, 6.07) is 11.9. The van der Waals surface area contributed by atoms with Gasteiger partial charge in [0.2, 0.25) is 0 Å². The van der Waals surface area contributed by atoms with Crippen LogP contribution in [0.3, 0.4) is 0 Å². The van der Waals surface area contributed by atoms with Gasteiger partial charge in [-0.3, -0.25) is 4.79 Å². The molecular weight excluding hydrogens is 322 g/mol. The number of fused-ring (bicyclic) bond motifs is 1. The van der Waals surface area contributed by atoms with Gasteiger partial charge in [-0.1, -0.05) is 29.8 Å². The quantitative estimate of drug-likeness (QED) is 0.490. The highest BCUT2D eigenvalue weighted by Crippen LogP contribution is 2.26. The second kappa shape index (κ2) is 7.10. The number of benzene rings is 2. The standard InChI is InChI=1S/C20H20ClNO2/c1-13-10-15(11-14(2)20(13)21)24-9-5-7-17-16-6-3-4-8-18(16)22-19(17)12-23/h3-4,6,8,10-12,22H,5,7,9H2,1-2H3. The molecule has 0 saturated carbocycles. The molecule has 3 aromatic rings. The number of hydrogen-bond donors (Lipinski definition) is 1. The number of nitrogens with one attached hydrogen (secondary N) is 1. The van der Waals surface area contributed by atoms with Gasteiger partial charge in [0.1, 0.15) is 5.75 Å². The third-order valence-corrected chi connectivity index (χ3v) is 4.81. The molecule has 0 radical (unpaired) electrons. The fraction of sp³-hybridized carbons (Fsp3) is 0.250. The van der Waals surface area contributed by atoms with Crippen molar-refractivity contribution in [1.29, 1.82) is 0 Å². The van der Waals surface area contributed by atoms with Crippen molar-refractivity contribution in [1.82, 2.24) is 4.98 Å². The van der Waals surface area contributed by atoms with Crippen LogP contribution in [0, 0.1) is 13.8 Å². The van der Waals surface area contributed by atoms with Crippen LogP contribution in [0.15, 0.2) is 36.4 Å². The maximum Gasteiger partial charge on any atom is 0.166 e. The highest BCUT2D eigenvalue weighted by atomic mass is 35.5. The van der Waals surface area contributed by atoms with Gasteiger partial charge in [0.15, 0.2) is 6.29 Å². The number of H-pyrrole nitrogens is 1. The first-order chi connectivity index (χ1) is 11.6. The summed E-state index contributed by atoms with van der Waals surface area (Å²) in [7, 11) is 0. The van der Waals surface area contributed by atoms with E-state index >= 15 is 0 Å². The summed E-state index contributed by atoms with van der Waals surface area (Å²) < 4.78 is 5.85. The van der Waals surface area contributed by atoms with Crippen molar-refractivity contribution in [3.63, 3.8) is 0 Å². The molecule has 3 rings (SSSR count). The molecule has 0 saturated heterocycles. The molecule has 0 amide bonds.